The predicted molar refractivity (Wildman–Crippen MR) is 256 cm³/mol. The number of sulfone groups is 1. The number of nitrogens with one attached hydrogen (secondary N) is 1. The highest BCUT2D eigenvalue weighted by atomic mass is 35.5. The summed E-state index contributed by atoms with van der Waals surface area (Å²) in [6.07, 6.45) is 0.884. The lowest BCUT2D eigenvalue weighted by Gasteiger charge is -2.22. The van der Waals surface area contributed by atoms with Gasteiger partial charge in [0.15, 0.2) is 15.6 Å². The standard InChI is InChI=1S/C38H31ClN10O17S6/c1-3-49(21-5-4-6-22(17-21)67(51)52)38-43-36(39)42-37(44-38)41-20-8-12-27(69(55,56)57)26(16-20)46-48-33-29(71(61,62)63)15-19-14-28(70(58,59)60)32(31(40)30(19)34(33)50)47-45-25-11-7-18-13-23(68(2,53)54)9-10-24(18)35(25)72(64,65)66/h4-17,50H,3,40H2,1-2H3,(H,51,52)(H,55,56,57)(H,58,59,60)(H,61,62,63)(H,64,65,66)(H,41,42,43,44)/p-1. The number of benzene rings is 6. The second kappa shape index (κ2) is 19.3. The minimum Gasteiger partial charge on any atom is -0.768 e. The van der Waals surface area contributed by atoms with Crippen molar-refractivity contribution >= 4 is 146 Å². The first-order chi connectivity index (χ1) is 33.4. The Morgan fingerprint density at radius 1 is 0.708 bits per heavy atom. The third-order valence-electron chi connectivity index (χ3n) is 9.96. The van der Waals surface area contributed by atoms with E-state index in [9.17, 15) is 74.2 Å². The number of aromatic nitrogens is 3. The van der Waals surface area contributed by atoms with Crippen LogP contribution < -0.4 is 16.0 Å². The molecule has 7 aromatic rings. The van der Waals surface area contributed by atoms with Crippen LogP contribution in [-0.2, 0) is 61.4 Å². The SMILES string of the molecule is CCN(c1cccc(S(=O)[O-])c1)c1nc(Cl)nc(Nc2ccc(S(=O)(=O)O)c(N=Nc3c(S(=O)(=O)O)cc4cc(S(=O)(=O)O)c(N=Nc5ccc6cc(S(C)(=O)=O)ccc6c5S(=O)(=O)O)c(N)c4c3O)c2)n1. The number of nitrogens with zero attached hydrogens (tertiary/aromatic N) is 8. The molecule has 0 radical (unpaired) electrons. The Kier molecular flexibility index (Phi) is 14.3. The van der Waals surface area contributed by atoms with E-state index < -0.39 is 126 Å². The molecule has 1 aromatic heterocycles. The van der Waals surface area contributed by atoms with Gasteiger partial charge in [-0.3, -0.25) is 22.4 Å². The second-order valence-corrected chi connectivity index (χ2v) is 23.5. The van der Waals surface area contributed by atoms with Crippen LogP contribution in [0.1, 0.15) is 6.92 Å². The van der Waals surface area contributed by atoms with Crippen LogP contribution in [0.2, 0.25) is 5.28 Å². The van der Waals surface area contributed by atoms with E-state index in [1.54, 1.807) is 13.0 Å². The van der Waals surface area contributed by atoms with Crippen molar-refractivity contribution in [2.45, 2.75) is 36.3 Å². The minimum absolute atomic E-state index is 0.0232. The molecule has 0 fully saturated rings. The Labute approximate surface area is 414 Å². The molecule has 0 saturated heterocycles. The molecule has 378 valence electrons. The van der Waals surface area contributed by atoms with Crippen LogP contribution >= 0.6 is 11.6 Å². The van der Waals surface area contributed by atoms with Gasteiger partial charge < -0.3 is 25.6 Å². The van der Waals surface area contributed by atoms with Crippen molar-refractivity contribution < 1.29 is 74.2 Å². The van der Waals surface area contributed by atoms with Gasteiger partial charge in [0, 0.05) is 34.5 Å². The number of phenols is 1. The first kappa shape index (κ1) is 53.0. The number of halogens is 1. The van der Waals surface area contributed by atoms with Crippen LogP contribution in [0.5, 0.6) is 5.75 Å². The summed E-state index contributed by atoms with van der Waals surface area (Å²) in [6.45, 7) is 1.86. The van der Waals surface area contributed by atoms with Gasteiger partial charge in [0.2, 0.25) is 17.2 Å². The van der Waals surface area contributed by atoms with E-state index >= 15 is 0 Å². The molecule has 6 aromatic carbocycles. The Bertz CT molecular complexity index is 4130. The van der Waals surface area contributed by atoms with Gasteiger partial charge in [-0.05, 0) is 107 Å². The average molecular weight is 1130 g/mol. The number of hydrogen-bond acceptors (Lipinski definition) is 23. The van der Waals surface area contributed by atoms with E-state index in [0.717, 1.165) is 48.7 Å². The van der Waals surface area contributed by atoms with Crippen LogP contribution in [0, 0.1) is 0 Å². The lowest BCUT2D eigenvalue weighted by molar-refractivity contribution is 0.472. The highest BCUT2D eigenvalue weighted by Gasteiger charge is 2.29. The molecule has 0 spiro atoms. The number of phenolic OH excluding ortho intramolecular Hbond substituents is 1. The fourth-order valence-electron chi connectivity index (χ4n) is 6.89. The molecule has 0 bridgehead atoms. The lowest BCUT2D eigenvalue weighted by Crippen LogP contribution is -2.20. The smallest absolute Gasteiger partial charge is 0.297 e. The molecule has 0 saturated carbocycles. The molecular weight excluding hydrogens is 1100 g/mol. The maximum absolute atomic E-state index is 12.8. The monoisotopic (exact) mass is 1120 g/mol. The Morgan fingerprint density at radius 2 is 1.33 bits per heavy atom. The van der Waals surface area contributed by atoms with Crippen molar-refractivity contribution in [3.8, 4) is 5.75 Å². The summed E-state index contributed by atoms with van der Waals surface area (Å²) in [6, 6.07) is 14.8. The zero-order valence-corrected chi connectivity index (χ0v) is 41.6. The normalized spacial score (nSPS) is 13.3. The van der Waals surface area contributed by atoms with Gasteiger partial charge in [0.25, 0.3) is 40.5 Å². The van der Waals surface area contributed by atoms with Crippen molar-refractivity contribution in [2.24, 2.45) is 20.5 Å². The molecule has 7 rings (SSSR count). The lowest BCUT2D eigenvalue weighted by atomic mass is 10.1. The van der Waals surface area contributed by atoms with Crippen LogP contribution in [0.25, 0.3) is 21.5 Å². The Balaban J connectivity index is 1.36. The van der Waals surface area contributed by atoms with E-state index in [0.29, 0.717) is 17.8 Å². The van der Waals surface area contributed by atoms with Crippen molar-refractivity contribution in [1.82, 2.24) is 15.0 Å². The summed E-state index contributed by atoms with van der Waals surface area (Å²) in [5.41, 5.74) is 1.83. The van der Waals surface area contributed by atoms with Gasteiger partial charge in [-0.2, -0.15) is 48.6 Å². The van der Waals surface area contributed by atoms with Crippen LogP contribution in [0.4, 0.5) is 51.7 Å². The summed E-state index contributed by atoms with van der Waals surface area (Å²) in [5.74, 6) is -1.71. The molecule has 1 unspecified atom stereocenters. The van der Waals surface area contributed by atoms with Crippen LogP contribution in [0.15, 0.2) is 135 Å². The predicted octanol–water partition coefficient (Wildman–Crippen LogP) is 6.48. The highest BCUT2D eigenvalue weighted by molar-refractivity contribution is 7.90. The van der Waals surface area contributed by atoms with Crippen molar-refractivity contribution in [2.75, 3.05) is 28.8 Å². The van der Waals surface area contributed by atoms with E-state index in [1.165, 1.54) is 29.2 Å². The molecule has 0 aliphatic carbocycles. The minimum atomic E-state index is -5.52. The van der Waals surface area contributed by atoms with Crippen LogP contribution in [0.3, 0.4) is 0 Å². The molecule has 1 heterocycles. The number of nitrogens with two attached hydrogens (primary N) is 1. The van der Waals surface area contributed by atoms with E-state index in [-0.39, 0.29) is 50.0 Å². The second-order valence-electron chi connectivity index (χ2n) is 14.7. The number of hydrogen-bond donors (Lipinski definition) is 7. The maximum Gasteiger partial charge on any atom is 0.297 e. The first-order valence-corrected chi connectivity index (χ1v) is 28.4. The number of anilines is 5. The highest BCUT2D eigenvalue weighted by Crippen LogP contribution is 2.49. The van der Waals surface area contributed by atoms with E-state index in [4.69, 9.17) is 17.3 Å². The molecule has 0 aliphatic heterocycles. The number of azo groups is 2. The van der Waals surface area contributed by atoms with Gasteiger partial charge in [-0.25, -0.2) is 8.42 Å². The van der Waals surface area contributed by atoms with Crippen LogP contribution in [-0.4, -0.2) is 102 Å². The Morgan fingerprint density at radius 3 is 1.93 bits per heavy atom. The summed E-state index contributed by atoms with van der Waals surface area (Å²) < 4.78 is 190. The summed E-state index contributed by atoms with van der Waals surface area (Å²) in [5, 5.41) is 27.1. The van der Waals surface area contributed by atoms with Gasteiger partial charge in [0.1, 0.15) is 42.3 Å². The zero-order valence-electron chi connectivity index (χ0n) is 35.9. The molecular formula is C38H30ClN10O17S6-. The number of rotatable bonds is 15. The zero-order chi connectivity index (χ0) is 53.0. The number of fused-ring (bicyclic) bond motifs is 2. The van der Waals surface area contributed by atoms with Crippen molar-refractivity contribution in [1.29, 1.82) is 0 Å². The molecule has 34 heteroatoms. The van der Waals surface area contributed by atoms with Crippen molar-refractivity contribution in [3.63, 3.8) is 0 Å². The third-order valence-corrected chi connectivity index (χ3v) is 15.5. The number of aromatic hydroxyl groups is 1. The topological polar surface area (TPSA) is 441 Å². The fraction of sp³-hybridized carbons (Fsp3) is 0.0789. The average Bonchev–Trinajstić information content (AvgIpc) is 3.26. The first-order valence-electron chi connectivity index (χ1n) is 19.3. The van der Waals surface area contributed by atoms with Gasteiger partial charge in [-0.15, -0.1) is 20.5 Å². The van der Waals surface area contributed by atoms with Crippen molar-refractivity contribution in [3.05, 3.63) is 90.2 Å². The molecule has 72 heavy (non-hydrogen) atoms. The fourth-order valence-corrected chi connectivity index (χ4v) is 10.9. The summed E-state index contributed by atoms with van der Waals surface area (Å²) in [4.78, 5) is 9.08. The number of nitrogen functional groups attached to an aromatic ring is 1. The van der Waals surface area contributed by atoms with E-state index in [1.807, 2.05) is 0 Å². The maximum atomic E-state index is 12.8. The van der Waals surface area contributed by atoms with E-state index in [2.05, 4.69) is 40.7 Å². The van der Waals surface area contributed by atoms with Gasteiger partial charge >= 0.3 is 0 Å². The molecule has 27 nitrogen and oxygen atoms in total. The largest absolute Gasteiger partial charge is 0.768 e. The summed E-state index contributed by atoms with van der Waals surface area (Å²) >= 11 is 3.62. The quantitative estimate of drug-likeness (QED) is 0.0250. The third kappa shape index (κ3) is 11.1. The molecule has 0 aliphatic rings. The van der Waals surface area contributed by atoms with Gasteiger partial charge in [0.05, 0.1) is 16.0 Å². The van der Waals surface area contributed by atoms with Gasteiger partial charge in [-0.1, -0.05) is 18.2 Å². The molecule has 1 atom stereocenters. The molecule has 8 N–H and O–H groups in total. The molecule has 0 amide bonds. The summed E-state index contributed by atoms with van der Waals surface area (Å²) in [7, 11) is -25.2. The Hall–Kier alpha value is -6.76.